The zero-order valence-electron chi connectivity index (χ0n) is 8.68. The lowest BCUT2D eigenvalue weighted by molar-refractivity contribution is 0.592. The van der Waals surface area contributed by atoms with E-state index in [1.165, 1.54) is 0 Å². The van der Waals surface area contributed by atoms with E-state index in [0.717, 1.165) is 36.0 Å². The number of hydrogen-bond acceptors (Lipinski definition) is 2. The summed E-state index contributed by atoms with van der Waals surface area (Å²) in [6, 6.07) is 0. The molecule has 1 heterocycles. The third kappa shape index (κ3) is 2.36. The molecule has 0 aromatic carbocycles. The minimum Gasteiger partial charge on any atom is -0.308 e. The molecule has 4 heteroatoms. The maximum Gasteiger partial charge on any atom is 0.0860 e. The quantitative estimate of drug-likeness (QED) is 0.600. The first-order valence-electron chi connectivity index (χ1n) is 4.74. The average Bonchev–Trinajstić information content (AvgIpc) is 2.45. The number of aromatic nitrogens is 2. The predicted octanol–water partition coefficient (Wildman–Crippen LogP) is 2.14. The van der Waals surface area contributed by atoms with Crippen LogP contribution >= 0.6 is 11.6 Å². The number of halogens is 1. The molecule has 0 fully saturated rings. The van der Waals surface area contributed by atoms with Crippen LogP contribution in [0.25, 0.3) is 0 Å². The maximum absolute atomic E-state index is 6.12. The van der Waals surface area contributed by atoms with Crippen molar-refractivity contribution in [2.24, 2.45) is 0 Å². The van der Waals surface area contributed by atoms with Crippen molar-refractivity contribution in [3.8, 4) is 0 Å². The van der Waals surface area contributed by atoms with Crippen LogP contribution in [0.15, 0.2) is 12.7 Å². The van der Waals surface area contributed by atoms with E-state index >= 15 is 0 Å². The molecule has 0 amide bonds. The largest absolute Gasteiger partial charge is 0.308 e. The summed E-state index contributed by atoms with van der Waals surface area (Å²) in [5, 5.41) is 8.31. The molecule has 0 saturated heterocycles. The summed E-state index contributed by atoms with van der Waals surface area (Å²) in [5.41, 5.74) is 1.94. The Bertz CT molecular complexity index is 317. The highest BCUT2D eigenvalue weighted by Gasteiger charge is 2.10. The monoisotopic (exact) mass is 213 g/mol. The molecule has 0 bridgehead atoms. The van der Waals surface area contributed by atoms with Gasteiger partial charge in [0.15, 0.2) is 0 Å². The molecule has 0 radical (unpaired) electrons. The van der Waals surface area contributed by atoms with Gasteiger partial charge in [-0.25, -0.2) is 0 Å². The lowest BCUT2D eigenvalue weighted by Gasteiger charge is -2.05. The fraction of sp³-hybridized carbons (Fsp3) is 0.500. The van der Waals surface area contributed by atoms with Crippen molar-refractivity contribution in [3.63, 3.8) is 0 Å². The van der Waals surface area contributed by atoms with E-state index in [4.69, 9.17) is 11.6 Å². The number of nitrogens with zero attached hydrogens (tertiary/aromatic N) is 2. The molecular formula is C10H16ClN3. The minimum atomic E-state index is 0.736. The highest BCUT2D eigenvalue weighted by Crippen LogP contribution is 2.19. The van der Waals surface area contributed by atoms with Crippen LogP contribution in [-0.2, 0) is 13.1 Å². The SMILES string of the molecule is C=CCNCc1c(Cl)c(C)nn1CC. The molecule has 0 atom stereocenters. The molecule has 1 rings (SSSR count). The topological polar surface area (TPSA) is 29.9 Å². The Labute approximate surface area is 89.8 Å². The molecule has 0 saturated carbocycles. The summed E-state index contributed by atoms with van der Waals surface area (Å²) < 4.78 is 1.92. The van der Waals surface area contributed by atoms with Crippen LogP contribution in [0.4, 0.5) is 0 Å². The first-order chi connectivity index (χ1) is 6.70. The van der Waals surface area contributed by atoms with Gasteiger partial charge in [0, 0.05) is 19.6 Å². The Hall–Kier alpha value is -0.800. The molecule has 0 aliphatic heterocycles. The Balaban J connectivity index is 2.77. The van der Waals surface area contributed by atoms with Crippen LogP contribution in [0.5, 0.6) is 0 Å². The Morgan fingerprint density at radius 1 is 1.64 bits per heavy atom. The van der Waals surface area contributed by atoms with E-state index in [1.807, 2.05) is 17.7 Å². The normalized spacial score (nSPS) is 10.5. The molecule has 78 valence electrons. The molecule has 0 spiro atoms. The molecule has 1 aromatic heterocycles. The molecule has 0 aliphatic carbocycles. The number of nitrogens with one attached hydrogen (secondary N) is 1. The van der Waals surface area contributed by atoms with E-state index in [9.17, 15) is 0 Å². The second kappa shape index (κ2) is 5.17. The predicted molar refractivity (Wildman–Crippen MR) is 59.6 cm³/mol. The lowest BCUT2D eigenvalue weighted by Crippen LogP contribution is -2.16. The van der Waals surface area contributed by atoms with Gasteiger partial charge >= 0.3 is 0 Å². The van der Waals surface area contributed by atoms with E-state index in [0.29, 0.717) is 0 Å². The van der Waals surface area contributed by atoms with Gasteiger partial charge in [-0.15, -0.1) is 6.58 Å². The average molecular weight is 214 g/mol. The zero-order valence-corrected chi connectivity index (χ0v) is 9.43. The van der Waals surface area contributed by atoms with Crippen LogP contribution in [-0.4, -0.2) is 16.3 Å². The van der Waals surface area contributed by atoms with Gasteiger partial charge in [-0.3, -0.25) is 4.68 Å². The fourth-order valence-electron chi connectivity index (χ4n) is 1.33. The zero-order chi connectivity index (χ0) is 10.6. The van der Waals surface area contributed by atoms with Crippen LogP contribution in [0.2, 0.25) is 5.02 Å². The van der Waals surface area contributed by atoms with Gasteiger partial charge in [-0.1, -0.05) is 17.7 Å². The van der Waals surface area contributed by atoms with Crippen LogP contribution in [0.3, 0.4) is 0 Å². The van der Waals surface area contributed by atoms with E-state index < -0.39 is 0 Å². The van der Waals surface area contributed by atoms with Crippen LogP contribution in [0.1, 0.15) is 18.3 Å². The van der Waals surface area contributed by atoms with Gasteiger partial charge in [0.05, 0.1) is 16.4 Å². The van der Waals surface area contributed by atoms with Crippen molar-refractivity contribution in [2.45, 2.75) is 26.9 Å². The van der Waals surface area contributed by atoms with Crippen LogP contribution in [0, 0.1) is 6.92 Å². The van der Waals surface area contributed by atoms with Gasteiger partial charge in [0.1, 0.15) is 0 Å². The summed E-state index contributed by atoms with van der Waals surface area (Å²) in [4.78, 5) is 0. The van der Waals surface area contributed by atoms with Crippen molar-refractivity contribution in [1.82, 2.24) is 15.1 Å². The molecule has 0 aliphatic rings. The molecular weight excluding hydrogens is 198 g/mol. The van der Waals surface area contributed by atoms with Gasteiger partial charge in [-0.2, -0.15) is 5.10 Å². The highest BCUT2D eigenvalue weighted by molar-refractivity contribution is 6.31. The second-order valence-electron chi connectivity index (χ2n) is 3.08. The van der Waals surface area contributed by atoms with E-state index in [1.54, 1.807) is 0 Å². The summed E-state index contributed by atoms with van der Waals surface area (Å²) in [7, 11) is 0. The summed E-state index contributed by atoms with van der Waals surface area (Å²) in [5.74, 6) is 0. The second-order valence-corrected chi connectivity index (χ2v) is 3.46. The number of aryl methyl sites for hydroxylation is 2. The molecule has 3 nitrogen and oxygen atoms in total. The van der Waals surface area contributed by atoms with Gasteiger partial charge in [-0.05, 0) is 13.8 Å². The number of hydrogen-bond donors (Lipinski definition) is 1. The standard InChI is InChI=1S/C10H16ClN3/c1-4-6-12-7-9-10(11)8(3)13-14(9)5-2/h4,12H,1,5-7H2,2-3H3. The molecule has 1 N–H and O–H groups in total. The lowest BCUT2D eigenvalue weighted by atomic mass is 10.3. The third-order valence-electron chi connectivity index (χ3n) is 2.03. The van der Waals surface area contributed by atoms with Crippen molar-refractivity contribution in [2.75, 3.05) is 6.54 Å². The minimum absolute atomic E-state index is 0.736. The third-order valence-corrected chi connectivity index (χ3v) is 2.53. The first kappa shape index (κ1) is 11.3. The van der Waals surface area contributed by atoms with Gasteiger partial charge < -0.3 is 5.32 Å². The van der Waals surface area contributed by atoms with Crippen molar-refractivity contribution < 1.29 is 0 Å². The van der Waals surface area contributed by atoms with Crippen molar-refractivity contribution >= 4 is 11.6 Å². The van der Waals surface area contributed by atoms with Gasteiger partial charge in [0.25, 0.3) is 0 Å². The van der Waals surface area contributed by atoms with Crippen molar-refractivity contribution in [1.29, 1.82) is 0 Å². The highest BCUT2D eigenvalue weighted by atomic mass is 35.5. The molecule has 14 heavy (non-hydrogen) atoms. The summed E-state index contributed by atoms with van der Waals surface area (Å²) in [6.07, 6.45) is 1.83. The Kier molecular flexibility index (Phi) is 4.17. The Morgan fingerprint density at radius 2 is 2.36 bits per heavy atom. The van der Waals surface area contributed by atoms with Crippen molar-refractivity contribution in [3.05, 3.63) is 29.1 Å². The molecule has 1 aromatic rings. The van der Waals surface area contributed by atoms with Gasteiger partial charge in [0.2, 0.25) is 0 Å². The summed E-state index contributed by atoms with van der Waals surface area (Å²) in [6.45, 7) is 9.99. The maximum atomic E-state index is 6.12. The fourth-order valence-corrected chi connectivity index (χ4v) is 1.53. The van der Waals surface area contributed by atoms with Crippen LogP contribution < -0.4 is 5.32 Å². The smallest absolute Gasteiger partial charge is 0.0860 e. The van der Waals surface area contributed by atoms with E-state index in [-0.39, 0.29) is 0 Å². The molecule has 0 unspecified atom stereocenters. The van der Waals surface area contributed by atoms with E-state index in [2.05, 4.69) is 23.9 Å². The summed E-state index contributed by atoms with van der Waals surface area (Å²) >= 11 is 6.12. The number of rotatable bonds is 5. The first-order valence-corrected chi connectivity index (χ1v) is 5.11. The Morgan fingerprint density at radius 3 is 2.93 bits per heavy atom.